The van der Waals surface area contributed by atoms with E-state index in [1.807, 2.05) is 31.2 Å². The molecule has 0 bridgehead atoms. The lowest BCUT2D eigenvalue weighted by Crippen LogP contribution is -2.52. The number of carboxylic acid groups (broad SMARTS) is 1. The predicted molar refractivity (Wildman–Crippen MR) is 90.5 cm³/mol. The van der Waals surface area contributed by atoms with Crippen molar-refractivity contribution in [2.75, 3.05) is 4.90 Å². The van der Waals surface area contributed by atoms with Gasteiger partial charge in [-0.3, -0.25) is 4.79 Å². The van der Waals surface area contributed by atoms with Crippen LogP contribution in [-0.4, -0.2) is 22.6 Å². The maximum Gasteiger partial charge on any atom is 0.335 e. The molecule has 3 rings (SSSR count). The zero-order valence-electron chi connectivity index (χ0n) is 13.9. The van der Waals surface area contributed by atoms with Gasteiger partial charge in [-0.05, 0) is 56.2 Å². The number of benzene rings is 2. The molecule has 0 aliphatic carbocycles. The summed E-state index contributed by atoms with van der Waals surface area (Å²) >= 11 is 0. The largest absolute Gasteiger partial charge is 0.478 e. The van der Waals surface area contributed by atoms with Crippen LogP contribution in [0.1, 0.15) is 35.3 Å². The number of ether oxygens (including phenoxy) is 1. The number of carboxylic acids is 1. The lowest BCUT2D eigenvalue weighted by Gasteiger charge is -2.39. The molecule has 1 amide bonds. The zero-order valence-corrected chi connectivity index (χ0v) is 13.9. The van der Waals surface area contributed by atoms with Crippen LogP contribution < -0.4 is 9.64 Å². The number of carbonyl (C=O) groups is 2. The fraction of sp³-hybridized carbons (Fsp3) is 0.263. The fourth-order valence-corrected chi connectivity index (χ4v) is 2.82. The first-order chi connectivity index (χ1) is 11.3. The molecule has 1 heterocycles. The molecule has 0 unspecified atom stereocenters. The summed E-state index contributed by atoms with van der Waals surface area (Å²) in [5.74, 6) is -0.484. The van der Waals surface area contributed by atoms with E-state index in [2.05, 4.69) is 0 Å². The van der Waals surface area contributed by atoms with Gasteiger partial charge >= 0.3 is 5.97 Å². The van der Waals surface area contributed by atoms with E-state index in [1.165, 1.54) is 6.07 Å². The number of nitrogens with zero attached hydrogens (tertiary/aromatic N) is 1. The molecule has 2 aromatic rings. The number of aromatic carboxylic acids is 1. The Kier molecular flexibility index (Phi) is 3.79. The van der Waals surface area contributed by atoms with Gasteiger partial charge in [0.2, 0.25) is 0 Å². The molecule has 0 fully saturated rings. The highest BCUT2D eigenvalue weighted by Crippen LogP contribution is 2.39. The topological polar surface area (TPSA) is 66.8 Å². The van der Waals surface area contributed by atoms with Crippen LogP contribution in [0.4, 0.5) is 5.69 Å². The second kappa shape index (κ2) is 5.67. The average molecular weight is 325 g/mol. The lowest BCUT2D eigenvalue weighted by atomic mass is 10.0. The number of rotatable bonds is 3. The number of hydrogen-bond donors (Lipinski definition) is 1. The summed E-state index contributed by atoms with van der Waals surface area (Å²) in [7, 11) is 0. The van der Waals surface area contributed by atoms with E-state index in [0.717, 1.165) is 11.1 Å². The van der Waals surface area contributed by atoms with Gasteiger partial charge in [0.05, 0.1) is 17.8 Å². The van der Waals surface area contributed by atoms with Gasteiger partial charge in [0.15, 0.2) is 5.60 Å². The van der Waals surface area contributed by atoms with Gasteiger partial charge < -0.3 is 14.7 Å². The fourth-order valence-electron chi connectivity index (χ4n) is 2.82. The number of fused-ring (bicyclic) bond motifs is 1. The predicted octanol–water partition coefficient (Wildman–Crippen LogP) is 3.40. The Morgan fingerprint density at radius 3 is 2.67 bits per heavy atom. The van der Waals surface area contributed by atoms with Gasteiger partial charge in [-0.1, -0.05) is 18.2 Å². The van der Waals surface area contributed by atoms with Crippen LogP contribution in [0.15, 0.2) is 42.5 Å². The van der Waals surface area contributed by atoms with E-state index in [9.17, 15) is 9.59 Å². The van der Waals surface area contributed by atoms with E-state index >= 15 is 0 Å². The van der Waals surface area contributed by atoms with Crippen LogP contribution in [0.25, 0.3) is 0 Å². The minimum Gasteiger partial charge on any atom is -0.478 e. The molecule has 0 saturated carbocycles. The molecule has 124 valence electrons. The molecule has 0 radical (unpaired) electrons. The zero-order chi connectivity index (χ0) is 17.5. The Hall–Kier alpha value is -2.82. The van der Waals surface area contributed by atoms with Gasteiger partial charge in [-0.2, -0.15) is 0 Å². The summed E-state index contributed by atoms with van der Waals surface area (Å²) in [6, 6.07) is 12.3. The van der Waals surface area contributed by atoms with E-state index in [1.54, 1.807) is 30.9 Å². The molecule has 5 heteroatoms. The molecule has 2 aromatic carbocycles. The van der Waals surface area contributed by atoms with E-state index in [0.29, 0.717) is 18.0 Å². The Bertz CT molecular complexity index is 826. The van der Waals surface area contributed by atoms with Crippen LogP contribution in [0, 0.1) is 6.92 Å². The SMILES string of the molecule is Cc1ccc2c(c1)N(Cc1cccc(C(=O)O)c1)C(=O)C(C)(C)O2. The van der Waals surface area contributed by atoms with Crippen LogP contribution in [0.5, 0.6) is 5.75 Å². The van der Waals surface area contributed by atoms with Gasteiger partial charge in [-0.15, -0.1) is 0 Å². The highest BCUT2D eigenvalue weighted by molar-refractivity contribution is 6.02. The summed E-state index contributed by atoms with van der Waals surface area (Å²) in [5.41, 5.74) is 1.73. The molecule has 24 heavy (non-hydrogen) atoms. The van der Waals surface area contributed by atoms with Gasteiger partial charge in [0.1, 0.15) is 5.75 Å². The minimum absolute atomic E-state index is 0.152. The molecule has 0 atom stereocenters. The molecular weight excluding hydrogens is 306 g/mol. The summed E-state index contributed by atoms with van der Waals surface area (Å²) in [6.07, 6.45) is 0. The molecule has 0 aromatic heterocycles. The number of aryl methyl sites for hydroxylation is 1. The van der Waals surface area contributed by atoms with Crippen molar-refractivity contribution in [3.63, 3.8) is 0 Å². The quantitative estimate of drug-likeness (QED) is 0.939. The van der Waals surface area contributed by atoms with Gasteiger partial charge in [0.25, 0.3) is 5.91 Å². The molecule has 5 nitrogen and oxygen atoms in total. The highest BCUT2D eigenvalue weighted by atomic mass is 16.5. The number of anilines is 1. The van der Waals surface area contributed by atoms with Crippen molar-refractivity contribution in [2.45, 2.75) is 32.9 Å². The van der Waals surface area contributed by atoms with Crippen molar-refractivity contribution in [3.05, 3.63) is 59.2 Å². The van der Waals surface area contributed by atoms with Gasteiger partial charge in [-0.25, -0.2) is 4.79 Å². The molecule has 1 N–H and O–H groups in total. The maximum atomic E-state index is 12.8. The summed E-state index contributed by atoms with van der Waals surface area (Å²) < 4.78 is 5.83. The second-order valence-corrected chi connectivity index (χ2v) is 6.48. The summed E-state index contributed by atoms with van der Waals surface area (Å²) in [4.78, 5) is 25.6. The normalized spacial score (nSPS) is 15.6. The highest BCUT2D eigenvalue weighted by Gasteiger charge is 2.40. The molecule has 1 aliphatic rings. The summed E-state index contributed by atoms with van der Waals surface area (Å²) in [6.45, 7) is 5.72. The third kappa shape index (κ3) is 2.85. The van der Waals surface area contributed by atoms with Crippen molar-refractivity contribution >= 4 is 17.6 Å². The molecule has 0 saturated heterocycles. The molecule has 1 aliphatic heterocycles. The van der Waals surface area contributed by atoms with Crippen molar-refractivity contribution in [3.8, 4) is 5.75 Å². The first kappa shape index (κ1) is 16.1. The van der Waals surface area contributed by atoms with E-state index in [-0.39, 0.29) is 11.5 Å². The monoisotopic (exact) mass is 325 g/mol. The van der Waals surface area contributed by atoms with Crippen LogP contribution in [0.3, 0.4) is 0 Å². The lowest BCUT2D eigenvalue weighted by molar-refractivity contribution is -0.132. The van der Waals surface area contributed by atoms with Crippen molar-refractivity contribution < 1.29 is 19.4 Å². The molecular formula is C19H19NO4. The second-order valence-electron chi connectivity index (χ2n) is 6.48. The van der Waals surface area contributed by atoms with Crippen molar-refractivity contribution in [1.29, 1.82) is 0 Å². The van der Waals surface area contributed by atoms with E-state index in [4.69, 9.17) is 9.84 Å². The third-order valence-electron chi connectivity index (χ3n) is 4.05. The molecule has 0 spiro atoms. The third-order valence-corrected chi connectivity index (χ3v) is 4.05. The van der Waals surface area contributed by atoms with Crippen LogP contribution >= 0.6 is 0 Å². The van der Waals surface area contributed by atoms with Crippen molar-refractivity contribution in [2.24, 2.45) is 0 Å². The van der Waals surface area contributed by atoms with Crippen LogP contribution in [-0.2, 0) is 11.3 Å². The first-order valence-electron chi connectivity index (χ1n) is 7.72. The van der Waals surface area contributed by atoms with Gasteiger partial charge in [0, 0.05) is 0 Å². The number of hydrogen-bond acceptors (Lipinski definition) is 3. The maximum absolute atomic E-state index is 12.8. The summed E-state index contributed by atoms with van der Waals surface area (Å²) in [5, 5.41) is 9.14. The Balaban J connectivity index is 2.03. The standard InChI is InChI=1S/C19H19NO4/c1-12-7-8-16-15(9-12)20(18(23)19(2,3)24-16)11-13-5-4-6-14(10-13)17(21)22/h4-10H,11H2,1-3H3,(H,21,22). The first-order valence-corrected chi connectivity index (χ1v) is 7.72. The van der Waals surface area contributed by atoms with Crippen molar-refractivity contribution in [1.82, 2.24) is 0 Å². The number of carbonyl (C=O) groups excluding carboxylic acids is 1. The Labute approximate surface area is 140 Å². The minimum atomic E-state index is -0.985. The number of amides is 1. The Morgan fingerprint density at radius 2 is 1.96 bits per heavy atom. The van der Waals surface area contributed by atoms with E-state index < -0.39 is 11.6 Å². The Morgan fingerprint density at radius 1 is 1.21 bits per heavy atom. The average Bonchev–Trinajstić information content (AvgIpc) is 2.53. The van der Waals surface area contributed by atoms with Crippen LogP contribution in [0.2, 0.25) is 0 Å². The smallest absolute Gasteiger partial charge is 0.335 e.